The minimum absolute atomic E-state index is 0.144. The third-order valence-corrected chi connectivity index (χ3v) is 6.47. The van der Waals surface area contributed by atoms with Gasteiger partial charge in [0, 0.05) is 20.1 Å². The number of ether oxygens (including phenoxy) is 1. The molecule has 4 rings (SSSR count). The first-order valence-electron chi connectivity index (χ1n) is 11.2. The molecule has 0 aliphatic carbocycles. The van der Waals surface area contributed by atoms with Crippen LogP contribution >= 0.6 is 0 Å². The van der Waals surface area contributed by atoms with Gasteiger partial charge in [0.25, 0.3) is 0 Å². The van der Waals surface area contributed by atoms with Crippen LogP contribution in [-0.4, -0.2) is 37.0 Å². The van der Waals surface area contributed by atoms with E-state index >= 15 is 0 Å². The summed E-state index contributed by atoms with van der Waals surface area (Å²) in [4.78, 5) is 29.7. The van der Waals surface area contributed by atoms with Gasteiger partial charge in [-0.3, -0.25) is 4.79 Å². The Labute approximate surface area is 198 Å². The summed E-state index contributed by atoms with van der Waals surface area (Å²) in [6.45, 7) is 0.952. The van der Waals surface area contributed by atoms with E-state index in [1.807, 2.05) is 60.7 Å². The molecule has 2 N–H and O–H groups in total. The number of amides is 2. The van der Waals surface area contributed by atoms with Crippen molar-refractivity contribution < 1.29 is 18.7 Å². The highest BCUT2D eigenvalue weighted by Crippen LogP contribution is 2.39. The van der Waals surface area contributed by atoms with Gasteiger partial charge < -0.3 is 20.3 Å². The van der Waals surface area contributed by atoms with Gasteiger partial charge in [0.05, 0.1) is 16.8 Å². The van der Waals surface area contributed by atoms with E-state index in [9.17, 15) is 14.0 Å². The first-order chi connectivity index (χ1) is 16.4. The number of halogens is 1. The molecule has 0 atom stereocenters. The zero-order chi connectivity index (χ0) is 24.1. The highest BCUT2D eigenvalue weighted by Gasteiger charge is 2.45. The van der Waals surface area contributed by atoms with Gasteiger partial charge in [-0.1, -0.05) is 60.7 Å². The topological polar surface area (TPSA) is 75.9 Å². The van der Waals surface area contributed by atoms with Crippen LogP contribution in [0.15, 0.2) is 78.9 Å². The summed E-state index contributed by atoms with van der Waals surface area (Å²) in [6, 6.07) is 23.1. The van der Waals surface area contributed by atoms with Crippen LogP contribution in [0, 0.1) is 5.82 Å². The fraction of sp³-hybridized carbons (Fsp3) is 0.259. The fourth-order valence-corrected chi connectivity index (χ4v) is 4.53. The maximum absolute atomic E-state index is 13.9. The van der Waals surface area contributed by atoms with Crippen LogP contribution in [0.1, 0.15) is 24.0 Å². The molecule has 34 heavy (non-hydrogen) atoms. The van der Waals surface area contributed by atoms with Crippen molar-refractivity contribution >= 4 is 23.4 Å². The maximum atomic E-state index is 13.9. The molecule has 1 aliphatic heterocycles. The second-order valence-electron chi connectivity index (χ2n) is 8.54. The summed E-state index contributed by atoms with van der Waals surface area (Å²) in [6.07, 6.45) is 0.470. The van der Waals surface area contributed by atoms with E-state index in [4.69, 9.17) is 10.5 Å². The zero-order valence-corrected chi connectivity index (χ0v) is 19.1. The van der Waals surface area contributed by atoms with Crippen LogP contribution < -0.4 is 10.6 Å². The molecule has 1 heterocycles. The standard InChI is InChI=1S/C27H28FN3O3/c1-30(24-13-12-22(28)18-23(24)29)25(32)27(21-10-6-3-7-11-21)14-16-31(17-15-27)26(33)34-19-20-8-4-2-5-9-20/h2-13,18H,14-17,19,29H2,1H3. The summed E-state index contributed by atoms with van der Waals surface area (Å²) in [5.41, 5.74) is 7.61. The number of likely N-dealkylation sites (N-methyl/N-ethyl adjacent to an activating group) is 1. The molecule has 1 saturated heterocycles. The summed E-state index contributed by atoms with van der Waals surface area (Å²) in [7, 11) is 1.65. The normalized spacial score (nSPS) is 14.9. The molecule has 0 saturated carbocycles. The molecule has 0 aromatic heterocycles. The van der Waals surface area contributed by atoms with Gasteiger partial charge in [0.2, 0.25) is 5.91 Å². The number of hydrogen-bond acceptors (Lipinski definition) is 4. The molecule has 1 fully saturated rings. The summed E-state index contributed by atoms with van der Waals surface area (Å²) in [5.74, 6) is -0.600. The smallest absolute Gasteiger partial charge is 0.410 e. The van der Waals surface area contributed by atoms with Crippen molar-refractivity contribution in [3.8, 4) is 0 Å². The van der Waals surface area contributed by atoms with Gasteiger partial charge in [-0.25, -0.2) is 9.18 Å². The molecule has 7 heteroatoms. The van der Waals surface area contributed by atoms with E-state index in [0.29, 0.717) is 31.6 Å². The van der Waals surface area contributed by atoms with Crippen molar-refractivity contribution in [3.63, 3.8) is 0 Å². The van der Waals surface area contributed by atoms with Gasteiger partial charge >= 0.3 is 6.09 Å². The fourth-order valence-electron chi connectivity index (χ4n) is 4.53. The third-order valence-electron chi connectivity index (χ3n) is 6.47. The zero-order valence-electron chi connectivity index (χ0n) is 19.1. The maximum Gasteiger partial charge on any atom is 0.410 e. The van der Waals surface area contributed by atoms with E-state index in [0.717, 1.165) is 11.1 Å². The second kappa shape index (κ2) is 9.95. The Morgan fingerprint density at radius 3 is 2.24 bits per heavy atom. The number of nitrogens with two attached hydrogens (primary N) is 1. The molecule has 0 spiro atoms. The van der Waals surface area contributed by atoms with Crippen molar-refractivity contribution in [2.45, 2.75) is 24.9 Å². The minimum atomic E-state index is -0.840. The molecule has 2 amide bonds. The van der Waals surface area contributed by atoms with Crippen molar-refractivity contribution in [3.05, 3.63) is 95.8 Å². The molecule has 0 unspecified atom stereocenters. The number of carbonyl (C=O) groups is 2. The number of anilines is 2. The van der Waals surface area contributed by atoms with Gasteiger partial charge in [-0.2, -0.15) is 0 Å². The Bertz CT molecular complexity index is 1150. The Balaban J connectivity index is 1.52. The molecule has 0 bridgehead atoms. The Morgan fingerprint density at radius 1 is 1.00 bits per heavy atom. The first-order valence-corrected chi connectivity index (χ1v) is 11.2. The Morgan fingerprint density at radius 2 is 1.62 bits per heavy atom. The van der Waals surface area contributed by atoms with Gasteiger partial charge in [0.1, 0.15) is 12.4 Å². The quantitative estimate of drug-likeness (QED) is 0.557. The lowest BCUT2D eigenvalue weighted by Gasteiger charge is -2.42. The molecule has 176 valence electrons. The van der Waals surface area contributed by atoms with E-state index in [2.05, 4.69) is 0 Å². The molecule has 6 nitrogen and oxygen atoms in total. The average Bonchev–Trinajstić information content (AvgIpc) is 2.87. The Hall–Kier alpha value is -3.87. The van der Waals surface area contributed by atoms with Gasteiger partial charge in [-0.05, 0) is 42.2 Å². The summed E-state index contributed by atoms with van der Waals surface area (Å²) < 4.78 is 19.0. The molecule has 3 aromatic rings. The van der Waals surface area contributed by atoms with Crippen LogP contribution in [0.2, 0.25) is 0 Å². The number of piperidine rings is 1. The number of hydrogen-bond donors (Lipinski definition) is 1. The summed E-state index contributed by atoms with van der Waals surface area (Å²) in [5, 5.41) is 0. The monoisotopic (exact) mass is 461 g/mol. The predicted octanol–water partition coefficient (Wildman–Crippen LogP) is 4.74. The molecule has 0 radical (unpaired) electrons. The lowest BCUT2D eigenvalue weighted by Crippen LogP contribution is -2.53. The number of rotatable bonds is 5. The van der Waals surface area contributed by atoms with Crippen molar-refractivity contribution in [2.24, 2.45) is 0 Å². The Kier molecular flexibility index (Phi) is 6.82. The number of nitrogen functional groups attached to an aromatic ring is 1. The molecular formula is C27H28FN3O3. The van der Waals surface area contributed by atoms with E-state index in [-0.39, 0.29) is 18.2 Å². The molecule has 3 aromatic carbocycles. The SMILES string of the molecule is CN(C(=O)C1(c2ccccc2)CCN(C(=O)OCc2ccccc2)CC1)c1ccc(F)cc1N. The average molecular weight is 462 g/mol. The first kappa shape index (κ1) is 23.3. The van der Waals surface area contributed by atoms with Crippen LogP contribution in [0.4, 0.5) is 20.6 Å². The lowest BCUT2D eigenvalue weighted by molar-refractivity contribution is -0.125. The number of likely N-dealkylation sites (tertiary alicyclic amines) is 1. The molecule has 1 aliphatic rings. The van der Waals surface area contributed by atoms with Crippen LogP contribution in [0.25, 0.3) is 0 Å². The van der Waals surface area contributed by atoms with E-state index < -0.39 is 17.3 Å². The number of nitrogens with zero attached hydrogens (tertiary/aromatic N) is 2. The van der Waals surface area contributed by atoms with E-state index in [1.165, 1.54) is 23.1 Å². The predicted molar refractivity (Wildman–Crippen MR) is 130 cm³/mol. The number of benzene rings is 3. The lowest BCUT2D eigenvalue weighted by atomic mass is 9.71. The second-order valence-corrected chi connectivity index (χ2v) is 8.54. The largest absolute Gasteiger partial charge is 0.445 e. The van der Waals surface area contributed by atoms with Gasteiger partial charge in [-0.15, -0.1) is 0 Å². The summed E-state index contributed by atoms with van der Waals surface area (Å²) >= 11 is 0. The van der Waals surface area contributed by atoms with Crippen LogP contribution in [-0.2, 0) is 21.6 Å². The number of carbonyl (C=O) groups excluding carboxylic acids is 2. The van der Waals surface area contributed by atoms with Crippen molar-refractivity contribution in [2.75, 3.05) is 30.8 Å². The molecular weight excluding hydrogens is 433 g/mol. The van der Waals surface area contributed by atoms with Crippen molar-refractivity contribution in [1.82, 2.24) is 4.90 Å². The minimum Gasteiger partial charge on any atom is -0.445 e. The van der Waals surface area contributed by atoms with Crippen LogP contribution in [0.3, 0.4) is 0 Å². The highest BCUT2D eigenvalue weighted by atomic mass is 19.1. The van der Waals surface area contributed by atoms with Gasteiger partial charge in [0.15, 0.2) is 0 Å². The van der Waals surface area contributed by atoms with E-state index in [1.54, 1.807) is 11.9 Å². The van der Waals surface area contributed by atoms with Crippen molar-refractivity contribution in [1.29, 1.82) is 0 Å². The van der Waals surface area contributed by atoms with Crippen LogP contribution in [0.5, 0.6) is 0 Å². The highest BCUT2D eigenvalue weighted by molar-refractivity contribution is 6.03. The third kappa shape index (κ3) is 4.73.